The number of hydrogen-bond donors (Lipinski definition) is 2. The third kappa shape index (κ3) is 4.97. The lowest BCUT2D eigenvalue weighted by atomic mass is 10.1. The van der Waals surface area contributed by atoms with E-state index >= 15 is 0 Å². The van der Waals surface area contributed by atoms with E-state index in [1.54, 1.807) is 0 Å². The molecule has 0 unspecified atom stereocenters. The first kappa shape index (κ1) is 17.8. The van der Waals surface area contributed by atoms with Gasteiger partial charge in [0.05, 0.1) is 0 Å². The molecular weight excluding hydrogens is 334 g/mol. The lowest BCUT2D eigenvalue weighted by molar-refractivity contribution is -0.682. The Kier molecular flexibility index (Phi) is 5.95. The van der Waals surface area contributed by atoms with Crippen LogP contribution in [0.1, 0.15) is 31.4 Å². The van der Waals surface area contributed by atoms with Crippen LogP contribution >= 0.6 is 11.6 Å². The molecule has 3 rings (SSSR count). The molecule has 0 spiro atoms. The van der Waals surface area contributed by atoms with Crippen molar-refractivity contribution in [3.05, 3.63) is 59.1 Å². The largest absolute Gasteiger partial charge is 0.372 e. The third-order valence-corrected chi connectivity index (χ3v) is 4.93. The molecule has 1 aliphatic rings. The predicted molar refractivity (Wildman–Crippen MR) is 103 cm³/mol. The van der Waals surface area contributed by atoms with Crippen LogP contribution in [-0.4, -0.2) is 25.5 Å². The lowest BCUT2D eigenvalue weighted by Gasteiger charge is -2.17. The molecule has 3 N–H and O–H groups in total. The zero-order valence-electron chi connectivity index (χ0n) is 14.5. The fraction of sp³-hybridized carbons (Fsp3) is 0.350. The minimum atomic E-state index is 0.00901. The second-order valence-corrected chi connectivity index (χ2v) is 7.01. The summed E-state index contributed by atoms with van der Waals surface area (Å²) in [5.74, 6) is 0.00901. The molecule has 4 nitrogen and oxygen atoms in total. The Morgan fingerprint density at radius 1 is 1.12 bits per heavy atom. The highest BCUT2D eigenvalue weighted by Crippen LogP contribution is 2.22. The van der Waals surface area contributed by atoms with Gasteiger partial charge in [0.1, 0.15) is 6.04 Å². The van der Waals surface area contributed by atoms with Gasteiger partial charge in [-0.3, -0.25) is 4.79 Å². The number of quaternary nitrogens is 1. The van der Waals surface area contributed by atoms with E-state index in [4.69, 9.17) is 11.6 Å². The van der Waals surface area contributed by atoms with Crippen LogP contribution in [0, 0.1) is 0 Å². The average molecular weight is 359 g/mol. The van der Waals surface area contributed by atoms with Crippen LogP contribution in [0.15, 0.2) is 48.5 Å². The van der Waals surface area contributed by atoms with Crippen LogP contribution in [0.4, 0.5) is 11.4 Å². The van der Waals surface area contributed by atoms with Crippen molar-refractivity contribution in [3.63, 3.8) is 0 Å². The zero-order valence-corrected chi connectivity index (χ0v) is 15.3. The van der Waals surface area contributed by atoms with E-state index in [1.807, 2.05) is 41.7 Å². The van der Waals surface area contributed by atoms with Crippen LogP contribution in [0.3, 0.4) is 0 Å². The van der Waals surface area contributed by atoms with Crippen molar-refractivity contribution in [2.45, 2.75) is 25.8 Å². The van der Waals surface area contributed by atoms with Crippen molar-refractivity contribution >= 4 is 28.9 Å². The number of nitrogens with one attached hydrogen (secondary N) is 1. The first-order valence-electron chi connectivity index (χ1n) is 8.85. The van der Waals surface area contributed by atoms with Crippen LogP contribution in [0.2, 0.25) is 5.02 Å². The van der Waals surface area contributed by atoms with Crippen molar-refractivity contribution in [2.24, 2.45) is 0 Å². The SMILES string of the molecule is C[C@@H]([NH2+]CC(=O)Nc1ccc(N2CCCC2)cc1)c1ccc(Cl)cc1. The van der Waals surface area contributed by atoms with Gasteiger partial charge < -0.3 is 15.5 Å². The molecule has 2 aromatic carbocycles. The molecule has 2 aromatic rings. The summed E-state index contributed by atoms with van der Waals surface area (Å²) in [5, 5.41) is 5.72. The molecule has 0 aromatic heterocycles. The highest BCUT2D eigenvalue weighted by molar-refractivity contribution is 6.30. The Labute approximate surface area is 154 Å². The van der Waals surface area contributed by atoms with E-state index in [0.717, 1.165) is 29.4 Å². The number of rotatable bonds is 6. The number of anilines is 2. The molecule has 0 radical (unpaired) electrons. The van der Waals surface area contributed by atoms with Crippen LogP contribution in [-0.2, 0) is 4.79 Å². The summed E-state index contributed by atoms with van der Waals surface area (Å²) in [4.78, 5) is 14.6. The Morgan fingerprint density at radius 3 is 2.40 bits per heavy atom. The first-order chi connectivity index (χ1) is 12.1. The number of amides is 1. The number of nitrogens with zero attached hydrogens (tertiary/aromatic N) is 1. The molecular formula is C20H25ClN3O+. The van der Waals surface area contributed by atoms with E-state index < -0.39 is 0 Å². The summed E-state index contributed by atoms with van der Waals surface area (Å²) in [6, 6.07) is 16.1. The Balaban J connectivity index is 1.47. The van der Waals surface area contributed by atoms with Crippen molar-refractivity contribution < 1.29 is 10.1 Å². The highest BCUT2D eigenvalue weighted by Gasteiger charge is 2.13. The maximum Gasteiger partial charge on any atom is 0.279 e. The molecule has 1 heterocycles. The third-order valence-electron chi connectivity index (χ3n) is 4.67. The van der Waals surface area contributed by atoms with Gasteiger partial charge in [-0.2, -0.15) is 0 Å². The van der Waals surface area contributed by atoms with Gasteiger partial charge in [-0.25, -0.2) is 0 Å². The van der Waals surface area contributed by atoms with Gasteiger partial charge in [0.15, 0.2) is 6.54 Å². The van der Waals surface area contributed by atoms with Crippen LogP contribution in [0.25, 0.3) is 0 Å². The van der Waals surface area contributed by atoms with E-state index in [1.165, 1.54) is 18.5 Å². The van der Waals surface area contributed by atoms with Crippen LogP contribution < -0.4 is 15.5 Å². The minimum absolute atomic E-state index is 0.00901. The summed E-state index contributed by atoms with van der Waals surface area (Å²) >= 11 is 5.91. The van der Waals surface area contributed by atoms with E-state index in [9.17, 15) is 4.79 Å². The lowest BCUT2D eigenvalue weighted by Crippen LogP contribution is -2.86. The molecule has 1 aliphatic heterocycles. The van der Waals surface area contributed by atoms with E-state index in [-0.39, 0.29) is 11.9 Å². The van der Waals surface area contributed by atoms with E-state index in [0.29, 0.717) is 6.54 Å². The number of benzene rings is 2. The van der Waals surface area contributed by atoms with Crippen molar-refractivity contribution in [1.82, 2.24) is 0 Å². The molecule has 0 saturated carbocycles. The number of nitrogens with two attached hydrogens (primary N) is 1. The van der Waals surface area contributed by atoms with Gasteiger partial charge in [0.25, 0.3) is 5.91 Å². The monoisotopic (exact) mass is 358 g/mol. The Hall–Kier alpha value is -2.04. The quantitative estimate of drug-likeness (QED) is 0.833. The summed E-state index contributed by atoms with van der Waals surface area (Å²) in [5.41, 5.74) is 3.24. The van der Waals surface area contributed by atoms with Crippen molar-refractivity contribution in [3.8, 4) is 0 Å². The normalized spacial score (nSPS) is 15.2. The van der Waals surface area contributed by atoms with Crippen molar-refractivity contribution in [2.75, 3.05) is 29.9 Å². The number of halogens is 1. The number of carbonyl (C=O) groups excluding carboxylic acids is 1. The Bertz CT molecular complexity index is 694. The smallest absolute Gasteiger partial charge is 0.279 e. The maximum atomic E-state index is 12.2. The number of hydrogen-bond acceptors (Lipinski definition) is 2. The van der Waals surface area contributed by atoms with Crippen molar-refractivity contribution in [1.29, 1.82) is 0 Å². The molecule has 5 heteroatoms. The standard InChI is InChI=1S/C20H24ClN3O/c1-15(16-4-6-17(21)7-5-16)22-14-20(25)23-18-8-10-19(11-9-18)24-12-2-3-13-24/h4-11,15,22H,2-3,12-14H2,1H3,(H,23,25)/p+1/t15-/m1/s1. The summed E-state index contributed by atoms with van der Waals surface area (Å²) in [6.45, 7) is 4.73. The van der Waals surface area contributed by atoms with Gasteiger partial charge in [-0.1, -0.05) is 23.7 Å². The fourth-order valence-corrected chi connectivity index (χ4v) is 3.26. The predicted octanol–water partition coefficient (Wildman–Crippen LogP) is 3.20. The highest BCUT2D eigenvalue weighted by atomic mass is 35.5. The van der Waals surface area contributed by atoms with Gasteiger partial charge in [-0.15, -0.1) is 0 Å². The van der Waals surface area contributed by atoms with Gasteiger partial charge in [0, 0.05) is 35.1 Å². The molecule has 1 amide bonds. The number of carbonyl (C=O) groups is 1. The second kappa shape index (κ2) is 8.37. The second-order valence-electron chi connectivity index (χ2n) is 6.57. The molecule has 25 heavy (non-hydrogen) atoms. The summed E-state index contributed by atoms with van der Waals surface area (Å²) in [6.07, 6.45) is 2.53. The molecule has 1 saturated heterocycles. The molecule has 132 valence electrons. The maximum absolute atomic E-state index is 12.2. The molecule has 0 aliphatic carbocycles. The fourth-order valence-electron chi connectivity index (χ4n) is 3.13. The molecule has 0 bridgehead atoms. The van der Waals surface area contributed by atoms with E-state index in [2.05, 4.69) is 29.3 Å². The van der Waals surface area contributed by atoms with Gasteiger partial charge >= 0.3 is 0 Å². The Morgan fingerprint density at radius 2 is 1.76 bits per heavy atom. The topological polar surface area (TPSA) is 49.0 Å². The minimum Gasteiger partial charge on any atom is -0.372 e. The van der Waals surface area contributed by atoms with Gasteiger partial charge in [0.2, 0.25) is 0 Å². The summed E-state index contributed by atoms with van der Waals surface area (Å²) in [7, 11) is 0. The first-order valence-corrected chi connectivity index (χ1v) is 9.23. The average Bonchev–Trinajstić information content (AvgIpc) is 3.15. The molecule has 1 fully saturated rings. The molecule has 1 atom stereocenters. The zero-order chi connectivity index (χ0) is 17.6. The summed E-state index contributed by atoms with van der Waals surface area (Å²) < 4.78 is 0. The van der Waals surface area contributed by atoms with Crippen LogP contribution in [0.5, 0.6) is 0 Å². The van der Waals surface area contributed by atoms with Gasteiger partial charge in [-0.05, 0) is 56.2 Å².